The SMILES string of the molecule is CC(=O)OOC1C=CC(=CO)/C(=C(/OC(=O)c2ccccc2)[C@]2(O)CCC(C)=C(C)C2(C)C)C1. The van der Waals surface area contributed by atoms with Gasteiger partial charge in [-0.05, 0) is 38.8 Å². The van der Waals surface area contributed by atoms with Crippen molar-refractivity contribution < 1.29 is 34.3 Å². The monoisotopic (exact) mass is 468 g/mol. The molecular formula is C27H32O7. The molecule has 7 heteroatoms. The predicted octanol–water partition coefficient (Wildman–Crippen LogP) is 5.25. The maximum absolute atomic E-state index is 13.2. The Hall–Kier alpha value is -3.16. The van der Waals surface area contributed by atoms with E-state index >= 15 is 0 Å². The largest absolute Gasteiger partial charge is 0.515 e. The van der Waals surface area contributed by atoms with Crippen molar-refractivity contribution in [1.82, 2.24) is 0 Å². The average Bonchev–Trinajstić information content (AvgIpc) is 2.83. The number of benzene rings is 1. The van der Waals surface area contributed by atoms with Crippen molar-refractivity contribution in [3.8, 4) is 0 Å². The summed E-state index contributed by atoms with van der Waals surface area (Å²) in [5.74, 6) is -1.18. The summed E-state index contributed by atoms with van der Waals surface area (Å²) in [7, 11) is 0. The summed E-state index contributed by atoms with van der Waals surface area (Å²) in [6.07, 6.45) is 4.45. The molecule has 34 heavy (non-hydrogen) atoms. The summed E-state index contributed by atoms with van der Waals surface area (Å²) >= 11 is 0. The number of ether oxygens (including phenoxy) is 1. The van der Waals surface area contributed by atoms with Crippen LogP contribution in [-0.4, -0.2) is 33.9 Å². The van der Waals surface area contributed by atoms with Gasteiger partial charge in [0.2, 0.25) is 0 Å². The minimum atomic E-state index is -1.55. The number of esters is 1. The highest BCUT2D eigenvalue weighted by Gasteiger charge is 2.53. The van der Waals surface area contributed by atoms with E-state index in [1.807, 2.05) is 27.7 Å². The zero-order valence-corrected chi connectivity index (χ0v) is 20.3. The first-order chi connectivity index (χ1) is 16.0. The molecule has 2 N–H and O–H groups in total. The Kier molecular flexibility index (Phi) is 7.48. The van der Waals surface area contributed by atoms with E-state index in [1.54, 1.807) is 42.5 Å². The highest BCUT2D eigenvalue weighted by molar-refractivity contribution is 5.90. The zero-order valence-electron chi connectivity index (χ0n) is 20.3. The first-order valence-electron chi connectivity index (χ1n) is 11.3. The third-order valence-electron chi connectivity index (χ3n) is 7.00. The Morgan fingerprint density at radius 2 is 1.82 bits per heavy atom. The molecule has 0 spiro atoms. The third-order valence-corrected chi connectivity index (χ3v) is 7.00. The maximum atomic E-state index is 13.2. The summed E-state index contributed by atoms with van der Waals surface area (Å²) < 4.78 is 5.96. The molecule has 0 amide bonds. The number of carbonyl (C=O) groups is 2. The van der Waals surface area contributed by atoms with Crippen LogP contribution in [0.2, 0.25) is 0 Å². The van der Waals surface area contributed by atoms with Gasteiger partial charge in [0.05, 0.1) is 11.8 Å². The van der Waals surface area contributed by atoms with Gasteiger partial charge >= 0.3 is 11.9 Å². The van der Waals surface area contributed by atoms with Crippen LogP contribution in [0.25, 0.3) is 0 Å². The molecule has 1 aromatic rings. The third kappa shape index (κ3) is 4.86. The van der Waals surface area contributed by atoms with Crippen LogP contribution >= 0.6 is 0 Å². The lowest BCUT2D eigenvalue weighted by atomic mass is 9.61. The molecule has 1 unspecified atom stereocenters. The van der Waals surface area contributed by atoms with Crippen LogP contribution in [-0.2, 0) is 19.3 Å². The number of hydrogen-bond acceptors (Lipinski definition) is 7. The number of aliphatic hydroxyl groups excluding tert-OH is 1. The van der Waals surface area contributed by atoms with E-state index in [2.05, 4.69) is 0 Å². The highest BCUT2D eigenvalue weighted by atomic mass is 17.2. The van der Waals surface area contributed by atoms with Gasteiger partial charge in [0, 0.05) is 29.9 Å². The predicted molar refractivity (Wildman–Crippen MR) is 126 cm³/mol. The summed E-state index contributed by atoms with van der Waals surface area (Å²) in [5.41, 5.74) is 0.940. The Morgan fingerprint density at radius 3 is 2.44 bits per heavy atom. The zero-order chi connectivity index (χ0) is 25.1. The quantitative estimate of drug-likeness (QED) is 0.200. The average molecular weight is 469 g/mol. The summed E-state index contributed by atoms with van der Waals surface area (Å²) in [6, 6.07) is 8.51. The topological polar surface area (TPSA) is 102 Å². The molecule has 0 bridgehead atoms. The van der Waals surface area contributed by atoms with Crippen molar-refractivity contribution >= 4 is 11.9 Å². The molecule has 2 aliphatic rings. The standard InChI is InChI=1S/C27H32O7/c1-17-13-14-27(31,26(4,5)18(17)2)24(32-25(30)20-9-7-6-8-10-20)23-15-22(34-33-19(3)29)12-11-21(23)16-28/h6-12,16,22,28,31H,13-15H2,1-5H3/b21-16?,24-23+/t22?,27-/m1/s1. The Balaban J connectivity index is 2.16. The number of rotatable bonds is 5. The van der Waals surface area contributed by atoms with Crippen LogP contribution in [0, 0.1) is 5.41 Å². The Bertz CT molecular complexity index is 1080. The van der Waals surface area contributed by atoms with Crippen molar-refractivity contribution in [1.29, 1.82) is 0 Å². The fourth-order valence-corrected chi connectivity index (χ4v) is 4.47. The van der Waals surface area contributed by atoms with Gasteiger partial charge in [-0.15, -0.1) is 0 Å². The van der Waals surface area contributed by atoms with Gasteiger partial charge in [-0.2, -0.15) is 4.89 Å². The molecule has 3 rings (SSSR count). The molecule has 0 aliphatic heterocycles. The van der Waals surface area contributed by atoms with Crippen molar-refractivity contribution in [2.24, 2.45) is 5.41 Å². The van der Waals surface area contributed by atoms with E-state index < -0.39 is 29.1 Å². The summed E-state index contributed by atoms with van der Waals surface area (Å²) in [4.78, 5) is 34.3. The van der Waals surface area contributed by atoms with Gasteiger partial charge in [0.1, 0.15) is 17.5 Å². The molecule has 0 fully saturated rings. The van der Waals surface area contributed by atoms with Crippen LogP contribution in [0.3, 0.4) is 0 Å². The van der Waals surface area contributed by atoms with Crippen LogP contribution in [0.15, 0.2) is 76.8 Å². The second-order valence-electron chi connectivity index (χ2n) is 9.31. The van der Waals surface area contributed by atoms with E-state index in [9.17, 15) is 19.8 Å². The fourth-order valence-electron chi connectivity index (χ4n) is 4.47. The van der Waals surface area contributed by atoms with E-state index in [0.29, 0.717) is 29.6 Å². The van der Waals surface area contributed by atoms with Gasteiger partial charge in [-0.1, -0.05) is 55.3 Å². The molecule has 0 radical (unpaired) electrons. The van der Waals surface area contributed by atoms with Crippen LogP contribution in [0.1, 0.15) is 64.2 Å². The summed E-state index contributed by atoms with van der Waals surface area (Å²) in [5, 5.41) is 22.2. The Labute approximate surface area is 200 Å². The van der Waals surface area contributed by atoms with Gasteiger partial charge in [-0.25, -0.2) is 9.59 Å². The molecule has 182 valence electrons. The lowest BCUT2D eigenvalue weighted by Gasteiger charge is -2.49. The molecule has 2 aliphatic carbocycles. The molecule has 1 aromatic carbocycles. The number of allylic oxidation sites excluding steroid dienone is 3. The second-order valence-corrected chi connectivity index (χ2v) is 9.31. The van der Waals surface area contributed by atoms with Gasteiger partial charge < -0.3 is 14.9 Å². The fraction of sp³-hybridized carbons (Fsp3) is 0.407. The molecule has 0 aromatic heterocycles. The van der Waals surface area contributed by atoms with Crippen LogP contribution < -0.4 is 0 Å². The smallest absolute Gasteiger partial charge is 0.343 e. The van der Waals surface area contributed by atoms with Gasteiger partial charge in [0.25, 0.3) is 0 Å². The molecule has 2 atom stereocenters. The van der Waals surface area contributed by atoms with E-state index in [4.69, 9.17) is 14.5 Å². The van der Waals surface area contributed by atoms with Crippen molar-refractivity contribution in [2.75, 3.05) is 0 Å². The van der Waals surface area contributed by atoms with Crippen LogP contribution in [0.4, 0.5) is 0 Å². The molecule has 7 nitrogen and oxygen atoms in total. The minimum Gasteiger partial charge on any atom is -0.515 e. The van der Waals surface area contributed by atoms with Gasteiger partial charge in [0.15, 0.2) is 0 Å². The van der Waals surface area contributed by atoms with E-state index in [-0.39, 0.29) is 12.2 Å². The van der Waals surface area contributed by atoms with E-state index in [1.165, 1.54) is 12.5 Å². The molecule has 0 saturated carbocycles. The number of carbonyl (C=O) groups excluding carboxylic acids is 2. The van der Waals surface area contributed by atoms with Crippen LogP contribution in [0.5, 0.6) is 0 Å². The van der Waals surface area contributed by atoms with E-state index in [0.717, 1.165) is 11.8 Å². The normalized spacial score (nSPS) is 26.9. The highest BCUT2D eigenvalue weighted by Crippen LogP contribution is 2.52. The molecule has 0 heterocycles. The Morgan fingerprint density at radius 1 is 1.15 bits per heavy atom. The first kappa shape index (κ1) is 25.5. The lowest BCUT2D eigenvalue weighted by Crippen LogP contribution is -2.51. The number of hydrogen-bond donors (Lipinski definition) is 2. The van der Waals surface area contributed by atoms with Crippen molar-refractivity contribution in [2.45, 2.75) is 65.6 Å². The lowest BCUT2D eigenvalue weighted by molar-refractivity contribution is -0.286. The first-order valence-corrected chi connectivity index (χ1v) is 11.3. The maximum Gasteiger partial charge on any atom is 0.343 e. The van der Waals surface area contributed by atoms with Crippen molar-refractivity contribution in [3.63, 3.8) is 0 Å². The van der Waals surface area contributed by atoms with Crippen molar-refractivity contribution in [3.05, 3.63) is 82.4 Å². The summed E-state index contributed by atoms with van der Waals surface area (Å²) in [6.45, 7) is 9.05. The molecule has 0 saturated heterocycles. The second kappa shape index (κ2) is 9.99. The minimum absolute atomic E-state index is 0.0549. The number of aliphatic hydroxyl groups is 2. The van der Waals surface area contributed by atoms with Gasteiger partial charge in [-0.3, -0.25) is 4.89 Å². The molecular weight excluding hydrogens is 436 g/mol.